The van der Waals surface area contributed by atoms with Crippen LogP contribution in [0.4, 0.5) is 0 Å². The number of carbonyl (C=O) groups is 2. The minimum atomic E-state index is -0.570. The van der Waals surface area contributed by atoms with Gasteiger partial charge in [0.05, 0.1) is 4.47 Å². The lowest BCUT2D eigenvalue weighted by molar-refractivity contribution is -0.142. The monoisotopic (exact) mass is 524 g/mol. The lowest BCUT2D eigenvalue weighted by Gasteiger charge is -2.33. The highest BCUT2D eigenvalue weighted by Crippen LogP contribution is 2.33. The minimum absolute atomic E-state index is 0.148. The van der Waals surface area contributed by atoms with E-state index in [0.717, 1.165) is 20.8 Å². The molecule has 3 aromatic carbocycles. The van der Waals surface area contributed by atoms with E-state index in [1.54, 1.807) is 4.90 Å². The van der Waals surface area contributed by atoms with Crippen LogP contribution in [-0.2, 0) is 16.0 Å². The van der Waals surface area contributed by atoms with E-state index in [9.17, 15) is 9.59 Å². The zero-order valence-corrected chi connectivity index (χ0v) is 21.9. The molecule has 3 aromatic rings. The minimum Gasteiger partial charge on any atom is -0.483 e. The fourth-order valence-corrected chi connectivity index (χ4v) is 4.50. The van der Waals surface area contributed by atoms with E-state index in [1.165, 1.54) is 0 Å². The number of benzene rings is 3. The predicted molar refractivity (Wildman–Crippen MR) is 141 cm³/mol. The van der Waals surface area contributed by atoms with Crippen molar-refractivity contribution in [2.45, 2.75) is 52.1 Å². The van der Waals surface area contributed by atoms with Crippen molar-refractivity contribution in [2.24, 2.45) is 0 Å². The van der Waals surface area contributed by atoms with Gasteiger partial charge in [0.15, 0.2) is 6.61 Å². The van der Waals surface area contributed by atoms with Crippen LogP contribution in [0, 0.1) is 0 Å². The highest BCUT2D eigenvalue weighted by atomic mass is 79.9. The maximum absolute atomic E-state index is 13.4. The summed E-state index contributed by atoms with van der Waals surface area (Å²) in [6, 6.07) is 21.2. The molecule has 3 rings (SSSR count). The van der Waals surface area contributed by atoms with Crippen molar-refractivity contribution in [2.75, 3.05) is 13.2 Å². The molecule has 0 saturated carbocycles. The number of nitrogens with one attached hydrogen (secondary N) is 1. The lowest BCUT2D eigenvalue weighted by Crippen LogP contribution is -2.54. The van der Waals surface area contributed by atoms with Crippen LogP contribution in [0.15, 0.2) is 71.2 Å². The summed E-state index contributed by atoms with van der Waals surface area (Å²) in [5, 5.41) is 5.13. The van der Waals surface area contributed by atoms with E-state index in [1.807, 2.05) is 94.4 Å². The summed E-state index contributed by atoms with van der Waals surface area (Å²) >= 11 is 3.62. The molecule has 34 heavy (non-hydrogen) atoms. The molecule has 1 N–H and O–H groups in total. The Hall–Kier alpha value is -2.86. The molecule has 0 spiro atoms. The van der Waals surface area contributed by atoms with E-state index < -0.39 is 6.04 Å². The molecule has 1 unspecified atom stereocenters. The first-order valence-electron chi connectivity index (χ1n) is 11.6. The number of rotatable bonds is 9. The molecule has 0 saturated heterocycles. The second kappa shape index (κ2) is 11.5. The van der Waals surface area contributed by atoms with Crippen LogP contribution in [0.2, 0.25) is 0 Å². The Morgan fingerprint density at radius 1 is 1.00 bits per heavy atom. The Kier molecular flexibility index (Phi) is 8.72. The number of amides is 2. The lowest BCUT2D eigenvalue weighted by atomic mass is 10.1. The summed E-state index contributed by atoms with van der Waals surface area (Å²) in [6.45, 7) is 8.03. The van der Waals surface area contributed by atoms with Crippen molar-refractivity contribution in [3.63, 3.8) is 0 Å². The SMILES string of the molecule is CCC(C(=O)NC(C)(C)C)N(CCc1ccccc1)C(=O)COc1ccc2ccccc2c1Br. The van der Waals surface area contributed by atoms with Gasteiger partial charge in [-0.15, -0.1) is 0 Å². The van der Waals surface area contributed by atoms with Crippen molar-refractivity contribution in [1.82, 2.24) is 10.2 Å². The Morgan fingerprint density at radius 2 is 1.68 bits per heavy atom. The number of nitrogens with zero attached hydrogens (tertiary/aromatic N) is 1. The van der Waals surface area contributed by atoms with Gasteiger partial charge in [-0.05, 0) is 71.9 Å². The van der Waals surface area contributed by atoms with Gasteiger partial charge in [0.2, 0.25) is 5.91 Å². The van der Waals surface area contributed by atoms with Gasteiger partial charge < -0.3 is 15.0 Å². The van der Waals surface area contributed by atoms with Crippen LogP contribution >= 0.6 is 15.9 Å². The van der Waals surface area contributed by atoms with E-state index in [-0.39, 0.29) is 24.0 Å². The van der Waals surface area contributed by atoms with Crippen LogP contribution in [0.25, 0.3) is 10.8 Å². The molecule has 1 atom stereocenters. The molecule has 0 fully saturated rings. The first-order chi connectivity index (χ1) is 16.2. The van der Waals surface area contributed by atoms with Crippen molar-refractivity contribution in [3.05, 3.63) is 76.8 Å². The van der Waals surface area contributed by atoms with Crippen LogP contribution < -0.4 is 10.1 Å². The maximum atomic E-state index is 13.4. The maximum Gasteiger partial charge on any atom is 0.261 e. The summed E-state index contributed by atoms with van der Waals surface area (Å²) in [5.41, 5.74) is 0.732. The van der Waals surface area contributed by atoms with Gasteiger partial charge in [-0.3, -0.25) is 9.59 Å². The summed E-state index contributed by atoms with van der Waals surface area (Å²) in [5.74, 6) is 0.234. The van der Waals surface area contributed by atoms with Crippen LogP contribution in [0.1, 0.15) is 39.7 Å². The fraction of sp³-hybridized carbons (Fsp3) is 0.357. The zero-order valence-electron chi connectivity index (χ0n) is 20.3. The molecule has 2 amide bonds. The Labute approximate surface area is 210 Å². The normalized spacial score (nSPS) is 12.3. The van der Waals surface area contributed by atoms with Crippen molar-refractivity contribution in [1.29, 1.82) is 0 Å². The fourth-order valence-electron chi connectivity index (χ4n) is 3.90. The zero-order chi connectivity index (χ0) is 24.7. The largest absolute Gasteiger partial charge is 0.483 e. The molecule has 0 aliphatic rings. The standard InChI is InChI=1S/C28H33BrN2O3/c1-5-23(27(33)30-28(2,3)4)31(18-17-20-11-7-6-8-12-20)25(32)19-34-24-16-15-21-13-9-10-14-22(21)26(24)29/h6-16,23H,5,17-19H2,1-4H3,(H,30,33). The highest BCUT2D eigenvalue weighted by Gasteiger charge is 2.30. The summed E-state index contributed by atoms with van der Waals surface area (Å²) in [7, 11) is 0. The molecule has 0 radical (unpaired) electrons. The molecule has 180 valence electrons. The third-order valence-electron chi connectivity index (χ3n) is 5.55. The van der Waals surface area contributed by atoms with Gasteiger partial charge in [0.25, 0.3) is 5.91 Å². The Morgan fingerprint density at radius 3 is 2.35 bits per heavy atom. The number of fused-ring (bicyclic) bond motifs is 1. The summed E-state index contributed by atoms with van der Waals surface area (Å²) in [6.07, 6.45) is 1.17. The van der Waals surface area contributed by atoms with Gasteiger partial charge in [0, 0.05) is 12.1 Å². The number of hydrogen-bond acceptors (Lipinski definition) is 3. The Balaban J connectivity index is 1.78. The first kappa shape index (κ1) is 25.8. The molecular formula is C28H33BrN2O3. The first-order valence-corrected chi connectivity index (χ1v) is 12.4. The molecule has 5 nitrogen and oxygen atoms in total. The van der Waals surface area contributed by atoms with Crippen molar-refractivity contribution < 1.29 is 14.3 Å². The van der Waals surface area contributed by atoms with Gasteiger partial charge in [0.1, 0.15) is 11.8 Å². The average Bonchev–Trinajstić information content (AvgIpc) is 2.80. The van der Waals surface area contributed by atoms with Gasteiger partial charge in [-0.25, -0.2) is 0 Å². The van der Waals surface area contributed by atoms with Crippen molar-refractivity contribution >= 4 is 38.5 Å². The third kappa shape index (κ3) is 6.83. The van der Waals surface area contributed by atoms with E-state index >= 15 is 0 Å². The number of carbonyl (C=O) groups excluding carboxylic acids is 2. The number of ether oxygens (including phenoxy) is 1. The third-order valence-corrected chi connectivity index (χ3v) is 6.37. The van der Waals surface area contributed by atoms with Gasteiger partial charge in [-0.2, -0.15) is 0 Å². The topological polar surface area (TPSA) is 58.6 Å². The van der Waals surface area contributed by atoms with E-state index in [0.29, 0.717) is 25.1 Å². The van der Waals surface area contributed by atoms with E-state index in [2.05, 4.69) is 21.2 Å². The smallest absolute Gasteiger partial charge is 0.261 e. The Bertz CT molecular complexity index is 1130. The van der Waals surface area contributed by atoms with Crippen LogP contribution in [0.5, 0.6) is 5.75 Å². The summed E-state index contributed by atoms with van der Waals surface area (Å²) in [4.78, 5) is 28.1. The molecular weight excluding hydrogens is 492 g/mol. The molecule has 0 aromatic heterocycles. The second-order valence-electron chi connectivity index (χ2n) is 9.37. The molecule has 6 heteroatoms. The molecule has 0 aliphatic heterocycles. The quantitative estimate of drug-likeness (QED) is 0.387. The predicted octanol–water partition coefficient (Wildman–Crippen LogP) is 5.75. The van der Waals surface area contributed by atoms with Gasteiger partial charge >= 0.3 is 0 Å². The number of halogens is 1. The van der Waals surface area contributed by atoms with E-state index in [4.69, 9.17) is 4.74 Å². The summed E-state index contributed by atoms with van der Waals surface area (Å²) < 4.78 is 6.76. The van der Waals surface area contributed by atoms with Gasteiger partial charge in [-0.1, -0.05) is 67.6 Å². The molecule has 0 heterocycles. The molecule has 0 aliphatic carbocycles. The highest BCUT2D eigenvalue weighted by molar-refractivity contribution is 9.10. The molecule has 0 bridgehead atoms. The van der Waals surface area contributed by atoms with Crippen LogP contribution in [-0.4, -0.2) is 41.4 Å². The van der Waals surface area contributed by atoms with Crippen LogP contribution in [0.3, 0.4) is 0 Å². The van der Waals surface area contributed by atoms with Crippen molar-refractivity contribution in [3.8, 4) is 5.75 Å². The second-order valence-corrected chi connectivity index (χ2v) is 10.2. The average molecular weight is 525 g/mol. The number of hydrogen-bond donors (Lipinski definition) is 1.